The van der Waals surface area contributed by atoms with Crippen molar-refractivity contribution in [1.82, 2.24) is 20.5 Å². The highest BCUT2D eigenvalue weighted by atomic mass is 32.1. The summed E-state index contributed by atoms with van der Waals surface area (Å²) in [4.78, 5) is 17.5. The second-order valence-corrected chi connectivity index (χ2v) is 8.71. The van der Waals surface area contributed by atoms with Crippen LogP contribution in [-0.4, -0.2) is 33.2 Å². The summed E-state index contributed by atoms with van der Waals surface area (Å²) in [6.45, 7) is 4.03. The fourth-order valence-electron chi connectivity index (χ4n) is 3.30. The molecule has 2 aliphatic rings. The number of carbonyl (C=O) groups is 1. The van der Waals surface area contributed by atoms with Crippen molar-refractivity contribution in [2.45, 2.75) is 45.2 Å². The second kappa shape index (κ2) is 7.11. The number of nitrogens with zero attached hydrogens (tertiary/aromatic N) is 3. The third-order valence-electron chi connectivity index (χ3n) is 4.88. The summed E-state index contributed by atoms with van der Waals surface area (Å²) >= 11 is 1.43. The minimum absolute atomic E-state index is 0.0279. The first-order chi connectivity index (χ1) is 14.1. The molecule has 5 rings (SSSR count). The van der Waals surface area contributed by atoms with Crippen molar-refractivity contribution < 1.29 is 9.21 Å². The second-order valence-electron chi connectivity index (χ2n) is 7.68. The van der Waals surface area contributed by atoms with Gasteiger partial charge < -0.3 is 15.1 Å². The molecule has 0 unspecified atom stereocenters. The molecule has 1 aromatic carbocycles. The van der Waals surface area contributed by atoms with Gasteiger partial charge in [0.1, 0.15) is 9.88 Å². The maximum Gasteiger partial charge on any atom is 0.315 e. The number of thiazole rings is 1. The Morgan fingerprint density at radius 3 is 2.93 bits per heavy atom. The van der Waals surface area contributed by atoms with Crippen LogP contribution in [0, 0.1) is 0 Å². The van der Waals surface area contributed by atoms with E-state index in [4.69, 9.17) is 4.42 Å². The van der Waals surface area contributed by atoms with Crippen molar-refractivity contribution in [3.05, 3.63) is 51.5 Å². The molecule has 0 saturated heterocycles. The summed E-state index contributed by atoms with van der Waals surface area (Å²) < 4.78 is 5.74. The first kappa shape index (κ1) is 18.1. The highest BCUT2D eigenvalue weighted by molar-refractivity contribution is 7.14. The van der Waals surface area contributed by atoms with Gasteiger partial charge in [-0.05, 0) is 56.4 Å². The standard InChI is InChI=1S/C21H21N5O2S/c1-11(2)23-21-26-25-19(28-21)13-4-3-12-5-8-15(16(12)9-13)20-22-10-17(29-20)18(27)24-14-6-7-14/h3-4,8-11,14H,5-7H2,1-2H3,(H,23,26)(H,24,27). The molecule has 0 radical (unpaired) electrons. The third kappa shape index (κ3) is 3.67. The maximum absolute atomic E-state index is 12.3. The van der Waals surface area contributed by atoms with Gasteiger partial charge in [-0.1, -0.05) is 17.2 Å². The number of benzene rings is 1. The molecule has 2 heterocycles. The predicted octanol–water partition coefficient (Wildman–Crippen LogP) is 3.89. The van der Waals surface area contributed by atoms with Crippen LogP contribution in [0.4, 0.5) is 6.01 Å². The minimum Gasteiger partial charge on any atom is -0.403 e. The Kier molecular flexibility index (Phi) is 4.43. The molecular weight excluding hydrogens is 386 g/mol. The zero-order valence-electron chi connectivity index (χ0n) is 16.2. The van der Waals surface area contributed by atoms with E-state index in [-0.39, 0.29) is 11.9 Å². The van der Waals surface area contributed by atoms with E-state index in [0.29, 0.717) is 22.8 Å². The molecule has 2 aliphatic carbocycles. The molecule has 0 atom stereocenters. The summed E-state index contributed by atoms with van der Waals surface area (Å²) in [6, 6.07) is 7.12. The van der Waals surface area contributed by atoms with Crippen LogP contribution in [-0.2, 0) is 6.42 Å². The molecule has 8 heteroatoms. The lowest BCUT2D eigenvalue weighted by molar-refractivity contribution is 0.0955. The highest BCUT2D eigenvalue weighted by Crippen LogP contribution is 2.37. The zero-order valence-corrected chi connectivity index (χ0v) is 17.0. The van der Waals surface area contributed by atoms with Gasteiger partial charge in [-0.3, -0.25) is 4.79 Å². The number of aromatic nitrogens is 3. The first-order valence-corrected chi connectivity index (χ1v) is 10.6. The Hall–Kier alpha value is -3.00. The molecule has 1 amide bonds. The normalized spacial score (nSPS) is 15.3. The quantitative estimate of drug-likeness (QED) is 0.644. The molecule has 7 nitrogen and oxygen atoms in total. The SMILES string of the molecule is CC(C)Nc1nnc(-c2ccc3c(c2)C(c2ncc(C(=O)NC4CC4)s2)=CC3)o1. The van der Waals surface area contributed by atoms with Crippen molar-refractivity contribution in [1.29, 1.82) is 0 Å². The molecule has 2 N–H and O–H groups in total. The highest BCUT2D eigenvalue weighted by Gasteiger charge is 2.26. The summed E-state index contributed by atoms with van der Waals surface area (Å²) in [5.74, 6) is 0.450. The number of hydrogen-bond acceptors (Lipinski definition) is 7. The zero-order chi connectivity index (χ0) is 20.0. The Labute approximate surface area is 172 Å². The van der Waals surface area contributed by atoms with E-state index in [9.17, 15) is 4.79 Å². The van der Waals surface area contributed by atoms with Crippen LogP contribution in [0.1, 0.15) is 52.5 Å². The number of hydrogen-bond donors (Lipinski definition) is 2. The Morgan fingerprint density at radius 2 is 2.14 bits per heavy atom. The fraction of sp³-hybridized carbons (Fsp3) is 0.333. The number of nitrogens with one attached hydrogen (secondary N) is 2. The number of carbonyl (C=O) groups excluding carboxylic acids is 1. The van der Waals surface area contributed by atoms with Crippen molar-refractivity contribution in [3.63, 3.8) is 0 Å². The largest absolute Gasteiger partial charge is 0.403 e. The Bertz CT molecular complexity index is 1110. The van der Waals surface area contributed by atoms with Gasteiger partial charge in [-0.15, -0.1) is 16.4 Å². The van der Waals surface area contributed by atoms with Gasteiger partial charge in [-0.2, -0.15) is 0 Å². The van der Waals surface area contributed by atoms with Crippen molar-refractivity contribution >= 4 is 28.8 Å². The van der Waals surface area contributed by atoms with E-state index in [1.807, 2.05) is 19.9 Å². The van der Waals surface area contributed by atoms with E-state index in [2.05, 4.69) is 44.0 Å². The number of rotatable bonds is 6. The number of allylic oxidation sites excluding steroid dienone is 1. The first-order valence-electron chi connectivity index (χ1n) is 9.78. The lowest BCUT2D eigenvalue weighted by Crippen LogP contribution is -2.24. The van der Waals surface area contributed by atoms with Gasteiger partial charge >= 0.3 is 6.01 Å². The molecule has 1 fully saturated rings. The van der Waals surface area contributed by atoms with E-state index < -0.39 is 0 Å². The van der Waals surface area contributed by atoms with Gasteiger partial charge in [0.05, 0.1) is 6.20 Å². The molecule has 148 valence electrons. The van der Waals surface area contributed by atoms with Crippen molar-refractivity contribution in [2.75, 3.05) is 5.32 Å². The summed E-state index contributed by atoms with van der Waals surface area (Å²) in [5.41, 5.74) is 4.24. The molecule has 0 spiro atoms. The van der Waals surface area contributed by atoms with Crippen LogP contribution >= 0.6 is 11.3 Å². The van der Waals surface area contributed by atoms with E-state index >= 15 is 0 Å². The average molecular weight is 407 g/mol. The van der Waals surface area contributed by atoms with Crippen molar-refractivity contribution in [2.24, 2.45) is 0 Å². The molecule has 1 saturated carbocycles. The number of anilines is 1. The van der Waals surface area contributed by atoms with Crippen LogP contribution in [0.25, 0.3) is 17.0 Å². The van der Waals surface area contributed by atoms with E-state index in [1.54, 1.807) is 6.20 Å². The van der Waals surface area contributed by atoms with E-state index in [0.717, 1.165) is 41.0 Å². The number of fused-ring (bicyclic) bond motifs is 1. The summed E-state index contributed by atoms with van der Waals surface area (Å²) in [7, 11) is 0. The lowest BCUT2D eigenvalue weighted by Gasteiger charge is -2.05. The van der Waals surface area contributed by atoms with Crippen LogP contribution in [0.3, 0.4) is 0 Å². The van der Waals surface area contributed by atoms with Gasteiger partial charge in [0.15, 0.2) is 0 Å². The van der Waals surface area contributed by atoms with Gasteiger partial charge in [0.25, 0.3) is 5.91 Å². The van der Waals surface area contributed by atoms with E-state index in [1.165, 1.54) is 16.9 Å². The average Bonchev–Trinajstić information content (AvgIpc) is 3.11. The van der Waals surface area contributed by atoms with Crippen LogP contribution in [0.5, 0.6) is 0 Å². The maximum atomic E-state index is 12.3. The molecular formula is C21H21N5O2S. The Morgan fingerprint density at radius 1 is 1.28 bits per heavy atom. The molecule has 2 aromatic heterocycles. The number of amides is 1. The minimum atomic E-state index is -0.0279. The summed E-state index contributed by atoms with van der Waals surface area (Å²) in [6.07, 6.45) is 6.82. The Balaban J connectivity index is 1.40. The van der Waals surface area contributed by atoms with Crippen LogP contribution < -0.4 is 10.6 Å². The predicted molar refractivity (Wildman–Crippen MR) is 112 cm³/mol. The topological polar surface area (TPSA) is 92.9 Å². The fourth-order valence-corrected chi connectivity index (χ4v) is 4.17. The molecule has 3 aromatic rings. The monoisotopic (exact) mass is 407 g/mol. The molecule has 0 aliphatic heterocycles. The van der Waals surface area contributed by atoms with Gasteiger partial charge in [-0.25, -0.2) is 4.98 Å². The smallest absolute Gasteiger partial charge is 0.315 e. The van der Waals surface area contributed by atoms with Crippen LogP contribution in [0.2, 0.25) is 0 Å². The molecule has 0 bridgehead atoms. The molecule has 29 heavy (non-hydrogen) atoms. The lowest BCUT2D eigenvalue weighted by atomic mass is 10.0. The van der Waals surface area contributed by atoms with Crippen LogP contribution in [0.15, 0.2) is 34.9 Å². The third-order valence-corrected chi connectivity index (χ3v) is 5.91. The summed E-state index contributed by atoms with van der Waals surface area (Å²) in [5, 5.41) is 15.2. The van der Waals surface area contributed by atoms with Gasteiger partial charge in [0, 0.05) is 23.2 Å². The van der Waals surface area contributed by atoms with Gasteiger partial charge in [0.2, 0.25) is 5.89 Å². The van der Waals surface area contributed by atoms with Crippen molar-refractivity contribution in [3.8, 4) is 11.5 Å².